The molecule has 3 N–H and O–H groups in total. The van der Waals surface area contributed by atoms with E-state index in [9.17, 15) is 14.7 Å². The van der Waals surface area contributed by atoms with Crippen LogP contribution in [0.2, 0.25) is 0 Å². The molecule has 8 nitrogen and oxygen atoms in total. The first kappa shape index (κ1) is 23.3. The smallest absolute Gasteiger partial charge is 0.274 e. The number of aromatic nitrogens is 2. The lowest BCUT2D eigenvalue weighted by Gasteiger charge is -2.07. The Morgan fingerprint density at radius 2 is 1.74 bits per heavy atom. The van der Waals surface area contributed by atoms with Crippen molar-refractivity contribution in [1.29, 1.82) is 0 Å². The number of nitrogens with one attached hydrogen (secondary N) is 2. The second-order valence-electron chi connectivity index (χ2n) is 7.51. The zero-order valence-electron chi connectivity index (χ0n) is 19.1. The second kappa shape index (κ2) is 10.4. The van der Waals surface area contributed by atoms with Crippen molar-refractivity contribution in [3.05, 3.63) is 100.0 Å². The lowest BCUT2D eigenvalue weighted by molar-refractivity contribution is -0.111. The van der Waals surface area contributed by atoms with E-state index in [1.807, 2.05) is 12.1 Å². The first-order valence-corrected chi connectivity index (χ1v) is 10.7. The second-order valence-corrected chi connectivity index (χ2v) is 7.51. The monoisotopic (exact) mass is 469 g/mol. The largest absolute Gasteiger partial charge is 0.507 e. The fraction of sp³-hybridized carbons (Fsp3) is 0.0741. The first-order chi connectivity index (χ1) is 17.0. The predicted molar refractivity (Wildman–Crippen MR) is 137 cm³/mol. The molecule has 1 aromatic heterocycles. The highest BCUT2D eigenvalue weighted by Gasteiger charge is 2.07. The van der Waals surface area contributed by atoms with E-state index in [1.54, 1.807) is 74.9 Å². The van der Waals surface area contributed by atoms with Crippen LogP contribution in [0, 0.1) is 0 Å². The van der Waals surface area contributed by atoms with Crippen LogP contribution in [0.1, 0.15) is 16.8 Å². The number of carbonyl (C=O) groups is 1. The van der Waals surface area contributed by atoms with Crippen LogP contribution in [-0.4, -0.2) is 35.2 Å². The topological polar surface area (TPSA) is 114 Å². The Kier molecular flexibility index (Phi) is 6.92. The summed E-state index contributed by atoms with van der Waals surface area (Å²) in [5.74, 6) is 0.732. The van der Waals surface area contributed by atoms with Crippen LogP contribution in [0.25, 0.3) is 28.9 Å². The standard InChI is InChI=1S/C27H23N3O5/c1-34-24-13-7-17(15-25(24)35-2)8-14-26(32)28-19-11-9-18(10-12-19)23(31)16-22-27(33)30-21-6-4-3-5-20(21)29-22/h3-16,31H,1-2H3,(H,28,32)(H,30,33)/b14-8+,23-16-. The van der Waals surface area contributed by atoms with Gasteiger partial charge in [-0.15, -0.1) is 0 Å². The van der Waals surface area contributed by atoms with E-state index >= 15 is 0 Å². The number of fused-ring (bicyclic) bond motifs is 1. The number of aromatic amines is 1. The van der Waals surface area contributed by atoms with E-state index in [0.717, 1.165) is 5.56 Å². The molecule has 1 amide bonds. The molecule has 0 fully saturated rings. The molecule has 0 aliphatic heterocycles. The molecule has 3 aromatic carbocycles. The van der Waals surface area contributed by atoms with Gasteiger partial charge >= 0.3 is 0 Å². The van der Waals surface area contributed by atoms with Crippen LogP contribution in [0.15, 0.2) is 77.6 Å². The van der Waals surface area contributed by atoms with Gasteiger partial charge in [0.15, 0.2) is 11.5 Å². The Morgan fingerprint density at radius 1 is 1.00 bits per heavy atom. The van der Waals surface area contributed by atoms with E-state index in [4.69, 9.17) is 9.47 Å². The summed E-state index contributed by atoms with van der Waals surface area (Å²) in [6.45, 7) is 0. The van der Waals surface area contributed by atoms with Crippen LogP contribution in [0.3, 0.4) is 0 Å². The van der Waals surface area contributed by atoms with Crippen molar-refractivity contribution in [2.24, 2.45) is 0 Å². The zero-order valence-corrected chi connectivity index (χ0v) is 19.1. The van der Waals surface area contributed by atoms with E-state index in [-0.39, 0.29) is 17.4 Å². The third kappa shape index (κ3) is 5.56. The van der Waals surface area contributed by atoms with E-state index in [1.165, 1.54) is 12.2 Å². The van der Waals surface area contributed by atoms with Crippen molar-refractivity contribution in [2.75, 3.05) is 19.5 Å². The third-order valence-corrected chi connectivity index (χ3v) is 5.18. The number of benzene rings is 3. The number of hydrogen-bond donors (Lipinski definition) is 3. The van der Waals surface area contributed by atoms with E-state index in [2.05, 4.69) is 15.3 Å². The molecule has 0 saturated heterocycles. The fourth-order valence-corrected chi connectivity index (χ4v) is 3.39. The number of methoxy groups -OCH3 is 2. The number of carbonyl (C=O) groups excluding carboxylic acids is 1. The van der Waals surface area contributed by atoms with E-state index < -0.39 is 5.56 Å². The molecule has 1 heterocycles. The summed E-state index contributed by atoms with van der Waals surface area (Å²) in [6.07, 6.45) is 4.38. The summed E-state index contributed by atoms with van der Waals surface area (Å²) in [6, 6.07) is 19.1. The normalized spacial score (nSPS) is 11.5. The lowest BCUT2D eigenvalue weighted by atomic mass is 10.1. The predicted octanol–water partition coefficient (Wildman–Crippen LogP) is 4.65. The number of aliphatic hydroxyl groups excluding tert-OH is 1. The van der Waals surface area contributed by atoms with Crippen LogP contribution in [0.4, 0.5) is 5.69 Å². The summed E-state index contributed by atoms with van der Waals surface area (Å²) in [5, 5.41) is 13.2. The molecule has 0 spiro atoms. The maximum absolute atomic E-state index is 12.3. The SMILES string of the molecule is COc1ccc(/C=C/C(=O)Nc2ccc(/C(O)=C/c3nc4ccccc4[nH]c3=O)cc2)cc1OC. The number of anilines is 1. The molecule has 4 rings (SSSR count). The number of nitrogens with zero attached hydrogens (tertiary/aromatic N) is 1. The number of aliphatic hydroxyl groups is 1. The molecular formula is C27H23N3O5. The molecule has 0 aliphatic rings. The number of ether oxygens (including phenoxy) is 2. The average molecular weight is 469 g/mol. The molecule has 0 radical (unpaired) electrons. The highest BCUT2D eigenvalue weighted by Crippen LogP contribution is 2.28. The molecule has 0 aliphatic carbocycles. The van der Waals surface area contributed by atoms with Gasteiger partial charge in [0.25, 0.3) is 5.56 Å². The molecule has 8 heteroatoms. The lowest BCUT2D eigenvalue weighted by Crippen LogP contribution is -2.12. The highest BCUT2D eigenvalue weighted by atomic mass is 16.5. The van der Waals surface area contributed by atoms with Crippen LogP contribution in [-0.2, 0) is 4.79 Å². The number of hydrogen-bond acceptors (Lipinski definition) is 6. The minimum Gasteiger partial charge on any atom is -0.507 e. The minimum absolute atomic E-state index is 0.0962. The molecule has 0 unspecified atom stereocenters. The molecule has 176 valence electrons. The summed E-state index contributed by atoms with van der Waals surface area (Å²) >= 11 is 0. The van der Waals surface area contributed by atoms with Gasteiger partial charge < -0.3 is 24.9 Å². The molecular weight excluding hydrogens is 446 g/mol. The number of amides is 1. The van der Waals surface area contributed by atoms with Crippen LogP contribution < -0.4 is 20.3 Å². The molecule has 0 bridgehead atoms. The summed E-state index contributed by atoms with van der Waals surface area (Å²) in [7, 11) is 3.10. The van der Waals surface area contributed by atoms with Crippen molar-refractivity contribution >= 4 is 40.5 Å². The van der Waals surface area contributed by atoms with E-state index in [0.29, 0.717) is 33.8 Å². The van der Waals surface area contributed by atoms with Crippen LogP contribution in [0.5, 0.6) is 11.5 Å². The maximum atomic E-state index is 12.3. The third-order valence-electron chi connectivity index (χ3n) is 5.18. The van der Waals surface area contributed by atoms with Gasteiger partial charge in [-0.3, -0.25) is 9.59 Å². The number of H-pyrrole nitrogens is 1. The fourth-order valence-electron chi connectivity index (χ4n) is 3.39. The van der Waals surface area contributed by atoms with Gasteiger partial charge in [-0.05, 0) is 60.2 Å². The summed E-state index contributed by atoms with van der Waals surface area (Å²) < 4.78 is 10.5. The quantitative estimate of drug-likeness (QED) is 0.268. The minimum atomic E-state index is -0.402. The van der Waals surface area contributed by atoms with Gasteiger partial charge in [-0.25, -0.2) is 4.98 Å². The Hall–Kier alpha value is -4.85. The summed E-state index contributed by atoms with van der Waals surface area (Å²) in [5.41, 5.74) is 2.72. The Labute approximate surface area is 201 Å². The Morgan fingerprint density at radius 3 is 2.49 bits per heavy atom. The highest BCUT2D eigenvalue weighted by molar-refractivity contribution is 6.02. The first-order valence-electron chi connectivity index (χ1n) is 10.7. The van der Waals surface area contributed by atoms with Gasteiger partial charge in [0, 0.05) is 23.4 Å². The van der Waals surface area contributed by atoms with Crippen LogP contribution >= 0.6 is 0 Å². The molecule has 35 heavy (non-hydrogen) atoms. The van der Waals surface area contributed by atoms with Crippen molar-refractivity contribution in [3.8, 4) is 11.5 Å². The number of para-hydroxylation sites is 2. The molecule has 0 saturated carbocycles. The van der Waals surface area contributed by atoms with Crippen molar-refractivity contribution in [1.82, 2.24) is 9.97 Å². The van der Waals surface area contributed by atoms with Gasteiger partial charge in [-0.1, -0.05) is 18.2 Å². The van der Waals surface area contributed by atoms with Gasteiger partial charge in [0.2, 0.25) is 5.91 Å². The van der Waals surface area contributed by atoms with Crippen molar-refractivity contribution in [3.63, 3.8) is 0 Å². The van der Waals surface area contributed by atoms with Gasteiger partial charge in [0.1, 0.15) is 11.5 Å². The summed E-state index contributed by atoms with van der Waals surface area (Å²) in [4.78, 5) is 31.6. The number of rotatable bonds is 7. The van der Waals surface area contributed by atoms with Crippen molar-refractivity contribution in [2.45, 2.75) is 0 Å². The average Bonchev–Trinajstić information content (AvgIpc) is 2.88. The molecule has 0 atom stereocenters. The maximum Gasteiger partial charge on any atom is 0.274 e. The van der Waals surface area contributed by atoms with Gasteiger partial charge in [-0.2, -0.15) is 0 Å². The Bertz CT molecular complexity index is 1490. The Balaban J connectivity index is 1.44. The van der Waals surface area contributed by atoms with Crippen molar-refractivity contribution < 1.29 is 19.4 Å². The molecule has 4 aromatic rings. The zero-order chi connectivity index (χ0) is 24.8. The van der Waals surface area contributed by atoms with Gasteiger partial charge in [0.05, 0.1) is 25.3 Å².